The molecule has 1 aliphatic heterocycles. The number of rotatable bonds is 3. The fourth-order valence-corrected chi connectivity index (χ4v) is 1.72. The molecule has 1 atom stereocenters. The molecule has 2 amide bonds. The summed E-state index contributed by atoms with van der Waals surface area (Å²) in [4.78, 5) is 23.1. The van der Waals surface area contributed by atoms with Crippen LogP contribution in [0.3, 0.4) is 0 Å². The van der Waals surface area contributed by atoms with E-state index in [2.05, 4.69) is 10.6 Å². The summed E-state index contributed by atoms with van der Waals surface area (Å²) < 4.78 is 5.44. The molecule has 1 aromatic rings. The van der Waals surface area contributed by atoms with Crippen molar-refractivity contribution in [2.24, 2.45) is 0 Å². The number of fused-ring (bicyclic) bond motifs is 1. The molecular formula is C15H16N2O3. The van der Waals surface area contributed by atoms with Crippen molar-refractivity contribution in [2.45, 2.75) is 20.0 Å². The van der Waals surface area contributed by atoms with Gasteiger partial charge in [0.25, 0.3) is 5.91 Å². The molecule has 1 aromatic carbocycles. The Balaban J connectivity index is 2.10. The van der Waals surface area contributed by atoms with E-state index < -0.39 is 6.10 Å². The molecule has 2 N–H and O–H groups in total. The van der Waals surface area contributed by atoms with Gasteiger partial charge in [0.1, 0.15) is 5.75 Å². The van der Waals surface area contributed by atoms with Crippen LogP contribution in [0.4, 0.5) is 11.4 Å². The van der Waals surface area contributed by atoms with Gasteiger partial charge in [0.2, 0.25) is 5.91 Å². The third kappa shape index (κ3) is 3.26. The fourth-order valence-electron chi connectivity index (χ4n) is 1.72. The van der Waals surface area contributed by atoms with Crippen LogP contribution in [0.2, 0.25) is 0 Å². The monoisotopic (exact) mass is 272 g/mol. The lowest BCUT2D eigenvalue weighted by Crippen LogP contribution is -2.34. The van der Waals surface area contributed by atoms with Crippen molar-refractivity contribution >= 4 is 23.2 Å². The Labute approximate surface area is 117 Å². The Morgan fingerprint density at radius 1 is 1.40 bits per heavy atom. The summed E-state index contributed by atoms with van der Waals surface area (Å²) in [6, 6.07) is 5.11. The molecule has 1 heterocycles. The molecule has 104 valence electrons. The molecule has 0 bridgehead atoms. The standard InChI is InChI=1S/C15H16N2O3/c1-3-4-5-6-14(18)16-11-7-8-13-12(9-11)17-15(19)10(2)20-13/h3-10H,1-2H3,(H,16,18)(H,17,19). The van der Waals surface area contributed by atoms with Crippen LogP contribution in [0.25, 0.3) is 0 Å². The number of hydrogen-bond acceptors (Lipinski definition) is 3. The maximum Gasteiger partial charge on any atom is 0.265 e. The zero-order chi connectivity index (χ0) is 14.5. The van der Waals surface area contributed by atoms with Crippen molar-refractivity contribution in [3.05, 3.63) is 42.5 Å². The zero-order valence-corrected chi connectivity index (χ0v) is 11.3. The third-order valence-corrected chi connectivity index (χ3v) is 2.73. The number of ether oxygens (including phenoxy) is 1. The number of carbonyl (C=O) groups excluding carboxylic acids is 2. The van der Waals surface area contributed by atoms with Crippen molar-refractivity contribution in [3.63, 3.8) is 0 Å². The van der Waals surface area contributed by atoms with E-state index in [1.165, 1.54) is 6.08 Å². The minimum atomic E-state index is -0.508. The highest BCUT2D eigenvalue weighted by Gasteiger charge is 2.23. The largest absolute Gasteiger partial charge is 0.479 e. The van der Waals surface area contributed by atoms with E-state index in [4.69, 9.17) is 4.74 Å². The molecule has 0 fully saturated rings. The van der Waals surface area contributed by atoms with E-state index in [-0.39, 0.29) is 11.8 Å². The smallest absolute Gasteiger partial charge is 0.265 e. The minimum Gasteiger partial charge on any atom is -0.479 e. The van der Waals surface area contributed by atoms with Crippen molar-refractivity contribution in [2.75, 3.05) is 10.6 Å². The molecule has 0 aromatic heterocycles. The molecule has 0 radical (unpaired) electrons. The Bertz CT molecular complexity index is 591. The lowest BCUT2D eigenvalue weighted by molar-refractivity contribution is -0.122. The summed E-state index contributed by atoms with van der Waals surface area (Å²) in [5, 5.41) is 5.44. The number of benzene rings is 1. The normalized spacial score (nSPS) is 17.7. The summed E-state index contributed by atoms with van der Waals surface area (Å²) in [5.74, 6) is 0.160. The van der Waals surface area contributed by atoms with Gasteiger partial charge in [-0.2, -0.15) is 0 Å². The predicted octanol–water partition coefficient (Wildman–Crippen LogP) is 2.48. The highest BCUT2D eigenvalue weighted by Crippen LogP contribution is 2.32. The number of carbonyl (C=O) groups is 2. The second-order valence-electron chi connectivity index (χ2n) is 4.33. The van der Waals surface area contributed by atoms with Crippen LogP contribution in [0.15, 0.2) is 42.5 Å². The summed E-state index contributed by atoms with van der Waals surface area (Å²) in [6.45, 7) is 3.55. The van der Waals surface area contributed by atoms with Crippen molar-refractivity contribution in [3.8, 4) is 5.75 Å². The van der Waals surface area contributed by atoms with Gasteiger partial charge in [0, 0.05) is 11.8 Å². The van der Waals surface area contributed by atoms with Crippen LogP contribution < -0.4 is 15.4 Å². The Kier molecular flexibility index (Phi) is 4.20. The fraction of sp³-hybridized carbons (Fsp3) is 0.200. The van der Waals surface area contributed by atoms with Crippen LogP contribution in [0.1, 0.15) is 13.8 Å². The van der Waals surface area contributed by atoms with Gasteiger partial charge in [0.15, 0.2) is 6.10 Å². The van der Waals surface area contributed by atoms with E-state index in [1.54, 1.807) is 37.3 Å². The van der Waals surface area contributed by atoms with Gasteiger partial charge >= 0.3 is 0 Å². The highest BCUT2D eigenvalue weighted by molar-refractivity contribution is 6.01. The third-order valence-electron chi connectivity index (χ3n) is 2.73. The lowest BCUT2D eigenvalue weighted by atomic mass is 10.2. The van der Waals surface area contributed by atoms with Crippen LogP contribution in [0.5, 0.6) is 5.75 Å². The number of amides is 2. The average Bonchev–Trinajstić information content (AvgIpc) is 2.41. The molecule has 20 heavy (non-hydrogen) atoms. The van der Waals surface area contributed by atoms with E-state index in [1.807, 2.05) is 13.0 Å². The number of allylic oxidation sites excluding steroid dienone is 3. The average molecular weight is 272 g/mol. The first-order valence-electron chi connectivity index (χ1n) is 6.32. The van der Waals surface area contributed by atoms with Gasteiger partial charge in [-0.1, -0.05) is 18.2 Å². The van der Waals surface area contributed by atoms with E-state index in [0.717, 1.165) is 0 Å². The summed E-state index contributed by atoms with van der Waals surface area (Å²) in [7, 11) is 0. The molecule has 1 unspecified atom stereocenters. The maximum atomic E-state index is 11.6. The van der Waals surface area contributed by atoms with Gasteiger partial charge in [-0.25, -0.2) is 0 Å². The molecule has 0 spiro atoms. The van der Waals surface area contributed by atoms with Gasteiger partial charge in [-0.05, 0) is 32.0 Å². The van der Waals surface area contributed by atoms with Crippen molar-refractivity contribution in [1.29, 1.82) is 0 Å². The quantitative estimate of drug-likeness (QED) is 0.656. The predicted molar refractivity (Wildman–Crippen MR) is 77.7 cm³/mol. The first kappa shape index (κ1) is 13.9. The van der Waals surface area contributed by atoms with Gasteiger partial charge < -0.3 is 15.4 Å². The van der Waals surface area contributed by atoms with E-state index in [0.29, 0.717) is 17.1 Å². The summed E-state index contributed by atoms with van der Waals surface area (Å²) >= 11 is 0. The molecule has 0 aliphatic carbocycles. The first-order chi connectivity index (χ1) is 9.60. The number of nitrogens with one attached hydrogen (secondary N) is 2. The van der Waals surface area contributed by atoms with E-state index >= 15 is 0 Å². The topological polar surface area (TPSA) is 67.4 Å². The van der Waals surface area contributed by atoms with E-state index in [9.17, 15) is 9.59 Å². The maximum absolute atomic E-state index is 11.6. The van der Waals surface area contributed by atoms with Crippen LogP contribution in [-0.4, -0.2) is 17.9 Å². The Hall–Kier alpha value is -2.56. The summed E-state index contributed by atoms with van der Waals surface area (Å²) in [5.41, 5.74) is 1.15. The molecular weight excluding hydrogens is 256 g/mol. The molecule has 5 nitrogen and oxygen atoms in total. The minimum absolute atomic E-state index is 0.200. The van der Waals surface area contributed by atoms with Crippen LogP contribution in [-0.2, 0) is 9.59 Å². The molecule has 0 saturated carbocycles. The van der Waals surface area contributed by atoms with Crippen LogP contribution >= 0.6 is 0 Å². The Morgan fingerprint density at radius 2 is 2.20 bits per heavy atom. The van der Waals surface area contributed by atoms with Gasteiger partial charge in [-0.3, -0.25) is 9.59 Å². The SMILES string of the molecule is CC=CC=CC(=O)Nc1ccc2c(c1)NC(=O)C(C)O2. The molecule has 5 heteroatoms. The lowest BCUT2D eigenvalue weighted by Gasteiger charge is -2.23. The number of hydrogen-bond donors (Lipinski definition) is 2. The van der Waals surface area contributed by atoms with Crippen molar-refractivity contribution in [1.82, 2.24) is 0 Å². The molecule has 1 aliphatic rings. The molecule has 2 rings (SSSR count). The summed E-state index contributed by atoms with van der Waals surface area (Å²) in [6.07, 6.45) is 6.17. The molecule has 0 saturated heterocycles. The van der Waals surface area contributed by atoms with Crippen LogP contribution in [0, 0.1) is 0 Å². The number of anilines is 2. The van der Waals surface area contributed by atoms with Gasteiger partial charge in [-0.15, -0.1) is 0 Å². The van der Waals surface area contributed by atoms with Gasteiger partial charge in [0.05, 0.1) is 5.69 Å². The Morgan fingerprint density at radius 3 is 2.95 bits per heavy atom. The van der Waals surface area contributed by atoms with Crippen molar-refractivity contribution < 1.29 is 14.3 Å². The highest BCUT2D eigenvalue weighted by atomic mass is 16.5. The second-order valence-corrected chi connectivity index (χ2v) is 4.33. The zero-order valence-electron chi connectivity index (χ0n) is 11.3. The first-order valence-corrected chi connectivity index (χ1v) is 6.32. The second kappa shape index (κ2) is 6.06.